The second-order valence-electron chi connectivity index (χ2n) is 3.68. The molecule has 0 aliphatic rings. The lowest BCUT2D eigenvalue weighted by molar-refractivity contribution is 0.103. The van der Waals surface area contributed by atoms with E-state index in [4.69, 9.17) is 11.6 Å². The third-order valence-electron chi connectivity index (χ3n) is 2.46. The van der Waals surface area contributed by atoms with Gasteiger partial charge in [-0.25, -0.2) is 13.2 Å². The summed E-state index contributed by atoms with van der Waals surface area (Å²) in [5, 5.41) is 0.328. The van der Waals surface area contributed by atoms with E-state index in [1.807, 2.05) is 22.6 Å². The highest BCUT2D eigenvalue weighted by Gasteiger charge is 2.20. The van der Waals surface area contributed by atoms with Gasteiger partial charge in [0.1, 0.15) is 0 Å². The molecular formula is C13H5ClF3IO. The van der Waals surface area contributed by atoms with E-state index in [1.165, 1.54) is 12.1 Å². The maximum absolute atomic E-state index is 13.5. The molecule has 2 rings (SSSR count). The molecule has 98 valence electrons. The molecule has 19 heavy (non-hydrogen) atoms. The smallest absolute Gasteiger partial charge is 0.196 e. The Labute approximate surface area is 125 Å². The van der Waals surface area contributed by atoms with Crippen LogP contribution in [0.3, 0.4) is 0 Å². The van der Waals surface area contributed by atoms with Crippen molar-refractivity contribution in [3.05, 3.63) is 67.5 Å². The van der Waals surface area contributed by atoms with E-state index in [1.54, 1.807) is 6.07 Å². The molecule has 0 saturated heterocycles. The fourth-order valence-electron chi connectivity index (χ4n) is 1.49. The second kappa shape index (κ2) is 5.50. The predicted octanol–water partition coefficient (Wildman–Crippen LogP) is 4.59. The van der Waals surface area contributed by atoms with Gasteiger partial charge in [0.15, 0.2) is 23.2 Å². The van der Waals surface area contributed by atoms with Crippen molar-refractivity contribution in [1.29, 1.82) is 0 Å². The van der Waals surface area contributed by atoms with Gasteiger partial charge in [-0.05, 0) is 52.9 Å². The van der Waals surface area contributed by atoms with Gasteiger partial charge in [0.05, 0.1) is 10.6 Å². The number of carbonyl (C=O) groups excluding carboxylic acids is 1. The molecule has 0 saturated carbocycles. The Morgan fingerprint density at radius 1 is 1.05 bits per heavy atom. The average molecular weight is 397 g/mol. The molecule has 0 fully saturated rings. The van der Waals surface area contributed by atoms with Crippen LogP contribution in [-0.4, -0.2) is 5.78 Å². The summed E-state index contributed by atoms with van der Waals surface area (Å²) in [5.74, 6) is -5.26. The molecule has 0 bridgehead atoms. The molecular weight excluding hydrogens is 391 g/mol. The van der Waals surface area contributed by atoms with Crippen LogP contribution in [-0.2, 0) is 0 Å². The van der Waals surface area contributed by atoms with Crippen molar-refractivity contribution in [2.75, 3.05) is 0 Å². The van der Waals surface area contributed by atoms with Crippen molar-refractivity contribution in [1.82, 2.24) is 0 Å². The summed E-state index contributed by atoms with van der Waals surface area (Å²) in [6.07, 6.45) is 0. The zero-order valence-electron chi connectivity index (χ0n) is 9.18. The lowest BCUT2D eigenvalue weighted by atomic mass is 10.0. The second-order valence-corrected chi connectivity index (χ2v) is 5.25. The van der Waals surface area contributed by atoms with E-state index in [2.05, 4.69) is 0 Å². The molecule has 0 aliphatic heterocycles. The van der Waals surface area contributed by atoms with Crippen LogP contribution >= 0.6 is 34.2 Å². The van der Waals surface area contributed by atoms with E-state index in [0.717, 1.165) is 9.64 Å². The van der Waals surface area contributed by atoms with E-state index >= 15 is 0 Å². The molecule has 0 spiro atoms. The molecule has 0 aromatic heterocycles. The van der Waals surface area contributed by atoms with Crippen LogP contribution in [0, 0.1) is 21.0 Å². The summed E-state index contributed by atoms with van der Waals surface area (Å²) < 4.78 is 40.1. The highest BCUT2D eigenvalue weighted by molar-refractivity contribution is 14.1. The van der Waals surface area contributed by atoms with Gasteiger partial charge in [-0.15, -0.1) is 0 Å². The van der Waals surface area contributed by atoms with Gasteiger partial charge in [-0.2, -0.15) is 0 Å². The summed E-state index contributed by atoms with van der Waals surface area (Å²) in [4.78, 5) is 12.0. The molecule has 1 nitrogen and oxygen atoms in total. The van der Waals surface area contributed by atoms with Crippen molar-refractivity contribution in [3.8, 4) is 0 Å². The third-order valence-corrected chi connectivity index (χ3v) is 4.03. The first-order chi connectivity index (χ1) is 8.91. The van der Waals surface area contributed by atoms with Gasteiger partial charge < -0.3 is 0 Å². The Bertz CT molecular complexity index is 673. The van der Waals surface area contributed by atoms with E-state index < -0.39 is 28.8 Å². The van der Waals surface area contributed by atoms with Crippen molar-refractivity contribution < 1.29 is 18.0 Å². The largest absolute Gasteiger partial charge is 0.288 e. The summed E-state index contributed by atoms with van der Waals surface area (Å²) in [6, 6.07) is 5.98. The van der Waals surface area contributed by atoms with Crippen LogP contribution in [0.15, 0.2) is 30.3 Å². The third kappa shape index (κ3) is 2.76. The van der Waals surface area contributed by atoms with Crippen LogP contribution < -0.4 is 0 Å². The predicted molar refractivity (Wildman–Crippen MR) is 73.9 cm³/mol. The first-order valence-electron chi connectivity index (χ1n) is 5.05. The molecule has 0 amide bonds. The lowest BCUT2D eigenvalue weighted by Gasteiger charge is -2.05. The van der Waals surface area contributed by atoms with Crippen LogP contribution in [0.2, 0.25) is 5.02 Å². The van der Waals surface area contributed by atoms with Crippen molar-refractivity contribution in [3.63, 3.8) is 0 Å². The van der Waals surface area contributed by atoms with E-state index in [9.17, 15) is 18.0 Å². The SMILES string of the molecule is O=C(c1ccc(I)c(Cl)c1)c1ccc(F)c(F)c1F. The molecule has 2 aromatic carbocycles. The molecule has 0 atom stereocenters. The topological polar surface area (TPSA) is 17.1 Å². The fourth-order valence-corrected chi connectivity index (χ4v) is 2.01. The minimum atomic E-state index is -1.66. The zero-order chi connectivity index (χ0) is 14.2. The van der Waals surface area contributed by atoms with Crippen LogP contribution in [0.25, 0.3) is 0 Å². The van der Waals surface area contributed by atoms with Gasteiger partial charge in [-0.3, -0.25) is 4.79 Å². The first-order valence-corrected chi connectivity index (χ1v) is 6.50. The molecule has 2 aromatic rings. The first kappa shape index (κ1) is 14.3. The monoisotopic (exact) mass is 396 g/mol. The van der Waals surface area contributed by atoms with Gasteiger partial charge in [0, 0.05) is 9.13 Å². The Morgan fingerprint density at radius 3 is 2.37 bits per heavy atom. The quantitative estimate of drug-likeness (QED) is 0.412. The van der Waals surface area contributed by atoms with E-state index in [0.29, 0.717) is 11.1 Å². The minimum absolute atomic E-state index is 0.107. The number of hydrogen-bond acceptors (Lipinski definition) is 1. The number of benzene rings is 2. The van der Waals surface area contributed by atoms with Crippen LogP contribution in [0.1, 0.15) is 15.9 Å². The number of hydrogen-bond donors (Lipinski definition) is 0. The Morgan fingerprint density at radius 2 is 1.74 bits per heavy atom. The highest BCUT2D eigenvalue weighted by Crippen LogP contribution is 2.23. The average Bonchev–Trinajstić information content (AvgIpc) is 2.39. The number of ketones is 1. The van der Waals surface area contributed by atoms with Gasteiger partial charge >= 0.3 is 0 Å². The van der Waals surface area contributed by atoms with Gasteiger partial charge in [0.25, 0.3) is 0 Å². The summed E-state index contributed by atoms with van der Waals surface area (Å²) in [7, 11) is 0. The maximum Gasteiger partial charge on any atom is 0.196 e. The van der Waals surface area contributed by atoms with Crippen LogP contribution in [0.5, 0.6) is 0 Å². The summed E-state index contributed by atoms with van der Waals surface area (Å²) >= 11 is 7.82. The van der Waals surface area contributed by atoms with Crippen molar-refractivity contribution >= 4 is 40.0 Å². The molecule has 0 N–H and O–H groups in total. The Balaban J connectivity index is 2.50. The normalized spacial score (nSPS) is 10.6. The van der Waals surface area contributed by atoms with Crippen LogP contribution in [0.4, 0.5) is 13.2 Å². The molecule has 0 heterocycles. The van der Waals surface area contributed by atoms with Crippen molar-refractivity contribution in [2.45, 2.75) is 0 Å². The molecule has 6 heteroatoms. The number of rotatable bonds is 2. The Hall–Kier alpha value is -1.08. The van der Waals surface area contributed by atoms with Gasteiger partial charge in [-0.1, -0.05) is 11.6 Å². The lowest BCUT2D eigenvalue weighted by Crippen LogP contribution is -2.07. The van der Waals surface area contributed by atoms with Crippen molar-refractivity contribution in [2.24, 2.45) is 0 Å². The van der Waals surface area contributed by atoms with Gasteiger partial charge in [0.2, 0.25) is 0 Å². The Kier molecular flexibility index (Phi) is 4.15. The maximum atomic E-state index is 13.5. The number of halogens is 5. The molecule has 0 unspecified atom stereocenters. The molecule has 0 radical (unpaired) electrons. The fraction of sp³-hybridized carbons (Fsp3) is 0. The number of carbonyl (C=O) groups is 1. The highest BCUT2D eigenvalue weighted by atomic mass is 127. The molecule has 0 aliphatic carbocycles. The summed E-state index contributed by atoms with van der Waals surface area (Å²) in [5.41, 5.74) is -0.425. The van der Waals surface area contributed by atoms with E-state index in [-0.39, 0.29) is 5.56 Å². The zero-order valence-corrected chi connectivity index (χ0v) is 12.1. The summed E-state index contributed by atoms with van der Waals surface area (Å²) in [6.45, 7) is 0. The minimum Gasteiger partial charge on any atom is -0.288 e. The standard InChI is InChI=1S/C13H5ClF3IO/c14-8-5-6(1-4-10(8)18)13(19)7-2-3-9(15)12(17)11(7)16/h1-5H.